The van der Waals surface area contributed by atoms with Crippen LogP contribution in [0.2, 0.25) is 5.02 Å². The van der Waals surface area contributed by atoms with E-state index < -0.39 is 0 Å². The molecule has 0 bridgehead atoms. The molecule has 1 heterocycles. The van der Waals surface area contributed by atoms with Gasteiger partial charge in [0.1, 0.15) is 24.0 Å². The van der Waals surface area contributed by atoms with Gasteiger partial charge in [0.25, 0.3) is 5.56 Å². The summed E-state index contributed by atoms with van der Waals surface area (Å²) in [5.41, 5.74) is 1.57. The molecule has 0 aliphatic carbocycles. The highest BCUT2D eigenvalue weighted by Crippen LogP contribution is 2.23. The van der Waals surface area contributed by atoms with Gasteiger partial charge in [0, 0.05) is 15.1 Å². The number of aromatic nitrogens is 2. The molecule has 0 fully saturated rings. The Kier molecular flexibility index (Phi) is 6.15. The third-order valence-electron chi connectivity index (χ3n) is 4.54. The first kappa shape index (κ1) is 21.2. The molecule has 8 heteroatoms. The summed E-state index contributed by atoms with van der Waals surface area (Å²) in [6.45, 7) is 1.88. The van der Waals surface area contributed by atoms with Gasteiger partial charge in [-0.3, -0.25) is 4.79 Å². The van der Waals surface area contributed by atoms with Gasteiger partial charge in [-0.1, -0.05) is 39.7 Å². The molecule has 0 saturated heterocycles. The summed E-state index contributed by atoms with van der Waals surface area (Å²) in [6.07, 6.45) is 1.49. The smallest absolute Gasteiger partial charge is 0.282 e. The molecule has 0 amide bonds. The zero-order valence-corrected chi connectivity index (χ0v) is 18.7. The van der Waals surface area contributed by atoms with Crippen LogP contribution >= 0.6 is 27.5 Å². The van der Waals surface area contributed by atoms with Crippen molar-refractivity contribution >= 4 is 44.6 Å². The maximum absolute atomic E-state index is 13.4. The van der Waals surface area contributed by atoms with Crippen molar-refractivity contribution in [1.29, 1.82) is 0 Å². The van der Waals surface area contributed by atoms with Crippen molar-refractivity contribution in [2.75, 3.05) is 0 Å². The van der Waals surface area contributed by atoms with Crippen molar-refractivity contribution in [1.82, 2.24) is 9.66 Å². The number of rotatable bonds is 5. The summed E-state index contributed by atoms with van der Waals surface area (Å²) in [5, 5.41) is 5.27. The first-order valence-electron chi connectivity index (χ1n) is 9.31. The number of nitrogens with zero attached hydrogens (tertiary/aromatic N) is 3. The molecule has 156 valence electrons. The summed E-state index contributed by atoms with van der Waals surface area (Å²) in [6, 6.07) is 16.6. The average molecular weight is 501 g/mol. The van der Waals surface area contributed by atoms with E-state index in [4.69, 9.17) is 16.3 Å². The lowest BCUT2D eigenvalue weighted by atomic mass is 10.2. The third kappa shape index (κ3) is 4.84. The van der Waals surface area contributed by atoms with E-state index in [2.05, 4.69) is 26.0 Å². The van der Waals surface area contributed by atoms with Gasteiger partial charge in [-0.2, -0.15) is 9.78 Å². The lowest BCUT2D eigenvalue weighted by Crippen LogP contribution is -2.20. The number of aryl methyl sites for hydroxylation is 1. The Morgan fingerprint density at radius 3 is 2.84 bits per heavy atom. The fourth-order valence-corrected chi connectivity index (χ4v) is 3.60. The molecule has 3 aromatic carbocycles. The van der Waals surface area contributed by atoms with Crippen LogP contribution in [0.5, 0.6) is 5.75 Å². The first-order chi connectivity index (χ1) is 14.9. The Balaban J connectivity index is 1.68. The molecule has 31 heavy (non-hydrogen) atoms. The molecule has 5 nitrogen and oxygen atoms in total. The van der Waals surface area contributed by atoms with Crippen molar-refractivity contribution in [2.24, 2.45) is 5.10 Å². The molecule has 4 aromatic rings. The normalized spacial score (nSPS) is 11.4. The molecule has 0 aliphatic heterocycles. The van der Waals surface area contributed by atoms with Crippen LogP contribution in [0.4, 0.5) is 4.39 Å². The predicted molar refractivity (Wildman–Crippen MR) is 124 cm³/mol. The van der Waals surface area contributed by atoms with Gasteiger partial charge >= 0.3 is 0 Å². The van der Waals surface area contributed by atoms with Crippen LogP contribution in [-0.4, -0.2) is 15.9 Å². The van der Waals surface area contributed by atoms with Crippen LogP contribution in [0, 0.1) is 12.7 Å². The molecule has 0 unspecified atom stereocenters. The minimum absolute atomic E-state index is 0.171. The van der Waals surface area contributed by atoms with Crippen molar-refractivity contribution in [2.45, 2.75) is 13.5 Å². The highest BCUT2D eigenvalue weighted by Gasteiger charge is 2.09. The van der Waals surface area contributed by atoms with Crippen molar-refractivity contribution < 1.29 is 9.13 Å². The van der Waals surface area contributed by atoms with Crippen LogP contribution in [-0.2, 0) is 6.61 Å². The topological polar surface area (TPSA) is 56.5 Å². The van der Waals surface area contributed by atoms with Crippen LogP contribution in [0.25, 0.3) is 10.9 Å². The summed E-state index contributed by atoms with van der Waals surface area (Å²) in [4.78, 5) is 17.4. The molecule has 0 saturated carbocycles. The Labute approximate surface area is 190 Å². The van der Waals surface area contributed by atoms with Crippen LogP contribution in [0.1, 0.15) is 17.0 Å². The van der Waals surface area contributed by atoms with Gasteiger partial charge in [0.2, 0.25) is 0 Å². The second-order valence-electron chi connectivity index (χ2n) is 6.78. The third-order valence-corrected chi connectivity index (χ3v) is 5.27. The average Bonchev–Trinajstić information content (AvgIpc) is 2.74. The number of hydrogen-bond acceptors (Lipinski definition) is 4. The lowest BCUT2D eigenvalue weighted by Gasteiger charge is -2.10. The Bertz CT molecular complexity index is 1370. The van der Waals surface area contributed by atoms with E-state index in [0.717, 1.165) is 4.47 Å². The monoisotopic (exact) mass is 499 g/mol. The van der Waals surface area contributed by atoms with E-state index in [0.29, 0.717) is 38.6 Å². The SMILES string of the molecule is Cc1nc2ccc(Br)cc2c(=O)n1N=Cc1cc(Cl)ccc1OCc1cccc(F)c1. The van der Waals surface area contributed by atoms with Gasteiger partial charge in [0.15, 0.2) is 0 Å². The Hall–Kier alpha value is -3.03. The van der Waals surface area contributed by atoms with Crippen LogP contribution < -0.4 is 10.3 Å². The minimum atomic E-state index is -0.329. The molecule has 4 rings (SSSR count). The van der Waals surface area contributed by atoms with E-state index in [9.17, 15) is 9.18 Å². The summed E-state index contributed by atoms with van der Waals surface area (Å²) in [7, 11) is 0. The molecule has 0 spiro atoms. The minimum Gasteiger partial charge on any atom is -0.488 e. The second-order valence-corrected chi connectivity index (χ2v) is 8.13. The van der Waals surface area contributed by atoms with Gasteiger partial charge in [-0.15, -0.1) is 0 Å². The quantitative estimate of drug-likeness (QED) is 0.329. The van der Waals surface area contributed by atoms with Gasteiger partial charge in [-0.05, 0) is 61.0 Å². The highest BCUT2D eigenvalue weighted by molar-refractivity contribution is 9.10. The molecule has 0 N–H and O–H groups in total. The number of halogens is 3. The number of hydrogen-bond donors (Lipinski definition) is 0. The van der Waals surface area contributed by atoms with Crippen molar-refractivity contribution in [3.63, 3.8) is 0 Å². The van der Waals surface area contributed by atoms with Crippen molar-refractivity contribution in [3.8, 4) is 5.75 Å². The first-order valence-corrected chi connectivity index (χ1v) is 10.5. The Morgan fingerprint density at radius 2 is 2.03 bits per heavy atom. The summed E-state index contributed by atoms with van der Waals surface area (Å²) in [5.74, 6) is 0.615. The zero-order valence-electron chi connectivity index (χ0n) is 16.3. The summed E-state index contributed by atoms with van der Waals surface area (Å²) < 4.78 is 21.3. The fourth-order valence-electron chi connectivity index (χ4n) is 3.06. The molecule has 0 radical (unpaired) electrons. The summed E-state index contributed by atoms with van der Waals surface area (Å²) >= 11 is 9.52. The second kappa shape index (κ2) is 8.99. The van der Waals surface area contributed by atoms with E-state index in [-0.39, 0.29) is 18.0 Å². The van der Waals surface area contributed by atoms with E-state index in [1.165, 1.54) is 23.0 Å². The van der Waals surface area contributed by atoms with Crippen molar-refractivity contribution in [3.05, 3.63) is 103 Å². The van der Waals surface area contributed by atoms with Gasteiger partial charge in [-0.25, -0.2) is 9.37 Å². The number of benzene rings is 3. The maximum atomic E-state index is 13.4. The van der Waals surface area contributed by atoms with E-state index >= 15 is 0 Å². The molecular weight excluding hydrogens is 485 g/mol. The highest BCUT2D eigenvalue weighted by atomic mass is 79.9. The lowest BCUT2D eigenvalue weighted by molar-refractivity contribution is 0.305. The van der Waals surface area contributed by atoms with Crippen LogP contribution in [0.3, 0.4) is 0 Å². The van der Waals surface area contributed by atoms with Gasteiger partial charge < -0.3 is 4.74 Å². The van der Waals surface area contributed by atoms with E-state index in [1.807, 2.05) is 6.07 Å². The zero-order chi connectivity index (χ0) is 22.0. The standard InChI is InChI=1S/C23H16BrClFN3O2/c1-14-28-21-7-5-17(24)11-20(21)23(30)29(14)27-12-16-10-18(25)6-8-22(16)31-13-15-3-2-4-19(26)9-15/h2-12H,13H2,1H3. The largest absolute Gasteiger partial charge is 0.488 e. The fraction of sp³-hybridized carbons (Fsp3) is 0.0870. The molecular formula is C23H16BrClFN3O2. The molecule has 0 aliphatic rings. The number of fused-ring (bicyclic) bond motifs is 1. The molecule has 1 aromatic heterocycles. The van der Waals surface area contributed by atoms with Gasteiger partial charge in [0.05, 0.1) is 17.1 Å². The number of ether oxygens (including phenoxy) is 1. The van der Waals surface area contributed by atoms with Crippen LogP contribution in [0.15, 0.2) is 75.0 Å². The maximum Gasteiger partial charge on any atom is 0.282 e. The molecule has 0 atom stereocenters. The van der Waals surface area contributed by atoms with E-state index in [1.54, 1.807) is 49.4 Å². The predicted octanol–water partition coefficient (Wildman–Crippen LogP) is 5.72. The Morgan fingerprint density at radius 1 is 1.19 bits per heavy atom.